The Morgan fingerprint density at radius 1 is 1.35 bits per heavy atom. The van der Waals surface area contributed by atoms with Crippen molar-refractivity contribution >= 4 is 11.0 Å². The molecule has 2 aromatic rings. The molecule has 3 rings (SSSR count). The second kappa shape index (κ2) is 5.17. The minimum atomic E-state index is -0.263. The monoisotopic (exact) mass is 272 g/mol. The summed E-state index contributed by atoms with van der Waals surface area (Å²) in [6.45, 7) is 5.35. The van der Waals surface area contributed by atoms with Crippen LogP contribution in [0.4, 0.5) is 0 Å². The van der Waals surface area contributed by atoms with Gasteiger partial charge in [-0.05, 0) is 44.6 Å². The smallest absolute Gasteiger partial charge is 0.130 e. The molecule has 2 heterocycles. The lowest BCUT2D eigenvalue weighted by Crippen LogP contribution is -2.42. The number of hydrogen-bond donors (Lipinski definition) is 1. The lowest BCUT2D eigenvalue weighted by molar-refractivity contribution is 0.218. The van der Waals surface area contributed by atoms with E-state index in [-0.39, 0.29) is 5.54 Å². The predicted molar refractivity (Wildman–Crippen MR) is 81.3 cm³/mol. The number of rotatable bonds is 3. The average Bonchev–Trinajstić information content (AvgIpc) is 2.87. The third-order valence-corrected chi connectivity index (χ3v) is 4.89. The number of aromatic nitrogens is 3. The number of hydrogen-bond acceptors (Lipinski definition) is 3. The molecular weight excluding hydrogens is 248 g/mol. The maximum atomic E-state index is 6.73. The largest absolute Gasteiger partial charge is 0.327 e. The van der Waals surface area contributed by atoms with Gasteiger partial charge in [-0.1, -0.05) is 13.3 Å². The minimum absolute atomic E-state index is 0.263. The van der Waals surface area contributed by atoms with Crippen LogP contribution in [0.5, 0.6) is 0 Å². The molecular formula is C16H24N4. The fourth-order valence-corrected chi connectivity index (χ4v) is 3.51. The number of pyridine rings is 1. The molecule has 0 atom stereocenters. The zero-order valence-corrected chi connectivity index (χ0v) is 12.5. The highest BCUT2D eigenvalue weighted by Gasteiger charge is 2.36. The first kappa shape index (κ1) is 13.6. The second-order valence-corrected chi connectivity index (χ2v) is 6.05. The summed E-state index contributed by atoms with van der Waals surface area (Å²) in [5, 5.41) is 0. The van der Waals surface area contributed by atoms with E-state index >= 15 is 0 Å². The quantitative estimate of drug-likeness (QED) is 0.933. The van der Waals surface area contributed by atoms with Crippen LogP contribution >= 0.6 is 0 Å². The van der Waals surface area contributed by atoms with Gasteiger partial charge in [0.15, 0.2) is 0 Å². The van der Waals surface area contributed by atoms with Crippen molar-refractivity contribution in [2.24, 2.45) is 11.7 Å². The molecule has 20 heavy (non-hydrogen) atoms. The van der Waals surface area contributed by atoms with Crippen LogP contribution in [-0.4, -0.2) is 14.5 Å². The summed E-state index contributed by atoms with van der Waals surface area (Å²) in [4.78, 5) is 8.98. The van der Waals surface area contributed by atoms with Gasteiger partial charge in [-0.2, -0.15) is 0 Å². The second-order valence-electron chi connectivity index (χ2n) is 6.05. The minimum Gasteiger partial charge on any atom is -0.327 e. The summed E-state index contributed by atoms with van der Waals surface area (Å²) in [7, 11) is 0. The topological polar surface area (TPSA) is 56.7 Å². The van der Waals surface area contributed by atoms with Crippen LogP contribution in [0, 0.1) is 5.92 Å². The Balaban J connectivity index is 2.01. The average molecular weight is 272 g/mol. The Labute approximate surface area is 120 Å². The summed E-state index contributed by atoms with van der Waals surface area (Å²) in [5.74, 6) is 1.89. The molecule has 0 spiro atoms. The Kier molecular flexibility index (Phi) is 3.50. The predicted octanol–water partition coefficient (Wildman–Crippen LogP) is 3.21. The van der Waals surface area contributed by atoms with Crippen molar-refractivity contribution in [3.8, 4) is 0 Å². The van der Waals surface area contributed by atoms with E-state index in [0.29, 0.717) is 0 Å². The SMILES string of the molecule is CCC1CCC(N)(c2nc3cnccc3n2CC)CC1. The van der Waals surface area contributed by atoms with Crippen molar-refractivity contribution in [3.05, 3.63) is 24.3 Å². The first-order valence-corrected chi connectivity index (χ1v) is 7.77. The van der Waals surface area contributed by atoms with Gasteiger partial charge < -0.3 is 10.3 Å². The zero-order valence-electron chi connectivity index (χ0n) is 12.5. The molecule has 108 valence electrons. The first-order valence-electron chi connectivity index (χ1n) is 7.77. The fourth-order valence-electron chi connectivity index (χ4n) is 3.51. The molecule has 1 fully saturated rings. The molecule has 2 aromatic heterocycles. The van der Waals surface area contributed by atoms with Gasteiger partial charge >= 0.3 is 0 Å². The summed E-state index contributed by atoms with van der Waals surface area (Å²) in [5.41, 5.74) is 8.59. The van der Waals surface area contributed by atoms with Crippen molar-refractivity contribution in [2.75, 3.05) is 0 Å². The van der Waals surface area contributed by atoms with Crippen LogP contribution in [0.15, 0.2) is 18.5 Å². The molecule has 0 aliphatic heterocycles. The van der Waals surface area contributed by atoms with Gasteiger partial charge in [0.1, 0.15) is 11.3 Å². The van der Waals surface area contributed by atoms with E-state index in [9.17, 15) is 0 Å². The van der Waals surface area contributed by atoms with Crippen molar-refractivity contribution < 1.29 is 0 Å². The molecule has 2 N–H and O–H groups in total. The van der Waals surface area contributed by atoms with Crippen molar-refractivity contribution in [3.63, 3.8) is 0 Å². The molecule has 4 heteroatoms. The standard InChI is InChI=1S/C16H24N4/c1-3-12-5-8-16(17,9-6-12)15-19-13-11-18-10-7-14(13)20(15)4-2/h7,10-12H,3-6,8-9,17H2,1-2H3. The number of imidazole rings is 1. The third-order valence-electron chi connectivity index (χ3n) is 4.89. The van der Waals surface area contributed by atoms with E-state index in [2.05, 4.69) is 23.4 Å². The van der Waals surface area contributed by atoms with Gasteiger partial charge in [-0.15, -0.1) is 0 Å². The molecule has 0 bridgehead atoms. The number of nitrogens with zero attached hydrogens (tertiary/aromatic N) is 3. The molecule has 0 aromatic carbocycles. The van der Waals surface area contributed by atoms with E-state index < -0.39 is 0 Å². The van der Waals surface area contributed by atoms with Gasteiger partial charge in [0.25, 0.3) is 0 Å². The Hall–Kier alpha value is -1.42. The maximum absolute atomic E-state index is 6.73. The number of fused-ring (bicyclic) bond motifs is 1. The van der Waals surface area contributed by atoms with Crippen LogP contribution in [0.2, 0.25) is 0 Å². The summed E-state index contributed by atoms with van der Waals surface area (Å²) in [6.07, 6.45) is 9.47. The molecule has 0 radical (unpaired) electrons. The number of aryl methyl sites for hydroxylation is 1. The molecule has 0 amide bonds. The highest BCUT2D eigenvalue weighted by molar-refractivity contribution is 5.75. The van der Waals surface area contributed by atoms with E-state index in [1.165, 1.54) is 19.3 Å². The van der Waals surface area contributed by atoms with Gasteiger partial charge in [0.05, 0.1) is 17.3 Å². The Bertz CT molecular complexity index is 594. The fraction of sp³-hybridized carbons (Fsp3) is 0.625. The Morgan fingerprint density at radius 2 is 2.10 bits per heavy atom. The van der Waals surface area contributed by atoms with Crippen LogP contribution < -0.4 is 5.73 Å². The summed E-state index contributed by atoms with van der Waals surface area (Å²) < 4.78 is 2.27. The van der Waals surface area contributed by atoms with Gasteiger partial charge in [0.2, 0.25) is 0 Å². The van der Waals surface area contributed by atoms with E-state index in [1.807, 2.05) is 18.5 Å². The molecule has 0 unspecified atom stereocenters. The zero-order chi connectivity index (χ0) is 14.2. The Morgan fingerprint density at radius 3 is 2.75 bits per heavy atom. The normalized spacial score (nSPS) is 27.1. The van der Waals surface area contributed by atoms with Crippen LogP contribution in [-0.2, 0) is 12.1 Å². The molecule has 0 saturated heterocycles. The summed E-state index contributed by atoms with van der Waals surface area (Å²) >= 11 is 0. The van der Waals surface area contributed by atoms with Crippen LogP contribution in [0.3, 0.4) is 0 Å². The van der Waals surface area contributed by atoms with E-state index in [4.69, 9.17) is 10.7 Å². The lowest BCUT2D eigenvalue weighted by atomic mass is 9.75. The number of nitrogens with two attached hydrogens (primary N) is 1. The maximum Gasteiger partial charge on any atom is 0.130 e. The van der Waals surface area contributed by atoms with Gasteiger partial charge in [-0.3, -0.25) is 4.98 Å². The van der Waals surface area contributed by atoms with Gasteiger partial charge in [-0.25, -0.2) is 4.98 Å². The van der Waals surface area contributed by atoms with Crippen LogP contribution in [0.1, 0.15) is 51.8 Å². The van der Waals surface area contributed by atoms with Crippen molar-refractivity contribution in [1.82, 2.24) is 14.5 Å². The van der Waals surface area contributed by atoms with Gasteiger partial charge in [0, 0.05) is 12.7 Å². The van der Waals surface area contributed by atoms with E-state index in [0.717, 1.165) is 42.2 Å². The highest BCUT2D eigenvalue weighted by atomic mass is 15.1. The molecule has 1 aliphatic carbocycles. The molecule has 1 saturated carbocycles. The van der Waals surface area contributed by atoms with Crippen molar-refractivity contribution in [1.29, 1.82) is 0 Å². The molecule has 1 aliphatic rings. The molecule has 4 nitrogen and oxygen atoms in total. The lowest BCUT2D eigenvalue weighted by Gasteiger charge is -2.36. The van der Waals surface area contributed by atoms with Crippen LogP contribution in [0.25, 0.3) is 11.0 Å². The van der Waals surface area contributed by atoms with Crippen molar-refractivity contribution in [2.45, 2.75) is 58.0 Å². The first-order chi connectivity index (χ1) is 9.68. The van der Waals surface area contributed by atoms with E-state index in [1.54, 1.807) is 0 Å². The highest BCUT2D eigenvalue weighted by Crippen LogP contribution is 2.39. The third kappa shape index (κ3) is 2.12. The summed E-state index contributed by atoms with van der Waals surface area (Å²) in [6, 6.07) is 2.04.